The van der Waals surface area contributed by atoms with Crippen LogP contribution in [0.1, 0.15) is 12.5 Å². The maximum atomic E-state index is 13.2. The second kappa shape index (κ2) is 7.19. The van der Waals surface area contributed by atoms with Crippen LogP contribution in [0.5, 0.6) is 0 Å². The van der Waals surface area contributed by atoms with Crippen molar-refractivity contribution in [3.05, 3.63) is 59.9 Å². The summed E-state index contributed by atoms with van der Waals surface area (Å²) in [5.41, 5.74) is 2.64. The van der Waals surface area contributed by atoms with Gasteiger partial charge in [-0.3, -0.25) is 4.79 Å². The van der Waals surface area contributed by atoms with E-state index in [1.807, 2.05) is 25.1 Å². The highest BCUT2D eigenvalue weighted by Gasteiger charge is 2.20. The Bertz CT molecular complexity index is 764. The third-order valence-corrected chi connectivity index (χ3v) is 5.59. The van der Waals surface area contributed by atoms with Crippen LogP contribution in [-0.2, 0) is 10.5 Å². The van der Waals surface area contributed by atoms with Gasteiger partial charge in [0.2, 0.25) is 5.91 Å². The van der Waals surface area contributed by atoms with Crippen LogP contribution in [0, 0.1) is 5.82 Å². The average molecular weight is 346 g/mol. The molecule has 2 aromatic rings. The van der Waals surface area contributed by atoms with Gasteiger partial charge in [0.15, 0.2) is 0 Å². The van der Waals surface area contributed by atoms with E-state index in [1.165, 1.54) is 29.5 Å². The molecule has 0 unspecified atom stereocenters. The molecule has 1 amide bonds. The maximum Gasteiger partial charge on any atom is 0.237 e. The van der Waals surface area contributed by atoms with E-state index in [0.717, 1.165) is 15.8 Å². The fourth-order valence-corrected chi connectivity index (χ4v) is 4.27. The smallest absolute Gasteiger partial charge is 0.237 e. The minimum atomic E-state index is -0.369. The van der Waals surface area contributed by atoms with E-state index in [9.17, 15) is 9.18 Å². The second-order valence-corrected chi connectivity index (χ2v) is 7.61. The molecule has 0 fully saturated rings. The van der Waals surface area contributed by atoms with Gasteiger partial charge in [-0.1, -0.05) is 47.8 Å². The van der Waals surface area contributed by atoms with Crippen LogP contribution in [0.2, 0.25) is 0 Å². The number of amides is 1. The van der Waals surface area contributed by atoms with E-state index in [-0.39, 0.29) is 17.0 Å². The Kier molecular flexibility index (Phi) is 5.03. The topological polar surface area (TPSA) is 41.5 Å². The van der Waals surface area contributed by atoms with Crippen LogP contribution in [0.25, 0.3) is 0 Å². The molecule has 6 heteroatoms. The SMILES string of the molecule is C[C@H](SC1=Nc2ccccc2CS1)C(=O)Nc1cccc(F)c1. The zero-order chi connectivity index (χ0) is 16.2. The number of nitrogens with one attached hydrogen (secondary N) is 1. The van der Waals surface area contributed by atoms with Crippen molar-refractivity contribution in [2.75, 3.05) is 5.32 Å². The average Bonchev–Trinajstić information content (AvgIpc) is 2.54. The lowest BCUT2D eigenvalue weighted by Gasteiger charge is -2.17. The summed E-state index contributed by atoms with van der Waals surface area (Å²) in [6.07, 6.45) is 0. The lowest BCUT2D eigenvalue weighted by atomic mass is 10.2. The van der Waals surface area contributed by atoms with E-state index in [1.54, 1.807) is 23.9 Å². The first kappa shape index (κ1) is 16.1. The molecule has 1 atom stereocenters. The molecule has 1 N–H and O–H groups in total. The summed E-state index contributed by atoms with van der Waals surface area (Å²) >= 11 is 3.06. The first-order valence-electron chi connectivity index (χ1n) is 7.14. The zero-order valence-corrected chi connectivity index (χ0v) is 14.1. The molecule has 1 aliphatic rings. The highest BCUT2D eigenvalue weighted by atomic mass is 32.2. The molecule has 3 nitrogen and oxygen atoms in total. The largest absolute Gasteiger partial charge is 0.325 e. The van der Waals surface area contributed by atoms with Gasteiger partial charge >= 0.3 is 0 Å². The summed E-state index contributed by atoms with van der Waals surface area (Å²) in [5, 5.41) is 2.42. The number of benzene rings is 2. The number of fused-ring (bicyclic) bond motifs is 1. The predicted octanol–water partition coefficient (Wildman–Crippen LogP) is 4.82. The Labute approximate surface area is 142 Å². The van der Waals surface area contributed by atoms with Crippen LogP contribution in [0.3, 0.4) is 0 Å². The Morgan fingerprint density at radius 1 is 1.30 bits per heavy atom. The standard InChI is InChI=1S/C17H15FN2OS2/c1-11(16(21)19-14-7-4-6-13(18)9-14)23-17-20-15-8-3-2-5-12(15)10-22-17/h2-9,11H,10H2,1H3,(H,19,21)/t11-/m0/s1. The van der Waals surface area contributed by atoms with Crippen LogP contribution in [0.15, 0.2) is 53.5 Å². The van der Waals surface area contributed by atoms with Gasteiger partial charge < -0.3 is 5.32 Å². The van der Waals surface area contributed by atoms with Gasteiger partial charge in [-0.15, -0.1) is 0 Å². The lowest BCUT2D eigenvalue weighted by molar-refractivity contribution is -0.115. The monoisotopic (exact) mass is 346 g/mol. The fourth-order valence-electron chi connectivity index (χ4n) is 2.09. The number of anilines is 1. The Morgan fingerprint density at radius 2 is 2.13 bits per heavy atom. The van der Waals surface area contributed by atoms with Crippen molar-refractivity contribution < 1.29 is 9.18 Å². The summed E-state index contributed by atoms with van der Waals surface area (Å²) in [5.74, 6) is 0.329. The summed E-state index contributed by atoms with van der Waals surface area (Å²) in [7, 11) is 0. The quantitative estimate of drug-likeness (QED) is 0.866. The Hall–Kier alpha value is -1.79. The molecule has 0 saturated heterocycles. The Morgan fingerprint density at radius 3 is 2.96 bits per heavy atom. The van der Waals surface area contributed by atoms with Gasteiger partial charge in [0.1, 0.15) is 10.2 Å². The van der Waals surface area contributed by atoms with Gasteiger partial charge in [0, 0.05) is 11.4 Å². The molecule has 2 aromatic carbocycles. The van der Waals surface area contributed by atoms with Crippen molar-refractivity contribution in [2.24, 2.45) is 4.99 Å². The minimum Gasteiger partial charge on any atom is -0.325 e. The number of nitrogens with zero attached hydrogens (tertiary/aromatic N) is 1. The van der Waals surface area contributed by atoms with Crippen LogP contribution in [0.4, 0.5) is 15.8 Å². The first-order valence-corrected chi connectivity index (χ1v) is 9.01. The van der Waals surface area contributed by atoms with Crippen molar-refractivity contribution in [1.29, 1.82) is 0 Å². The number of aliphatic imine (C=N–C) groups is 1. The summed E-state index contributed by atoms with van der Waals surface area (Å²) in [4.78, 5) is 16.8. The van der Waals surface area contributed by atoms with Crippen molar-refractivity contribution in [3.8, 4) is 0 Å². The normalized spacial score (nSPS) is 14.6. The molecule has 3 rings (SSSR count). The molecular weight excluding hydrogens is 331 g/mol. The summed E-state index contributed by atoms with van der Waals surface area (Å²) in [6.45, 7) is 1.82. The number of hydrogen-bond acceptors (Lipinski definition) is 4. The van der Waals surface area contributed by atoms with Crippen molar-refractivity contribution in [1.82, 2.24) is 0 Å². The molecule has 1 heterocycles. The van der Waals surface area contributed by atoms with E-state index in [4.69, 9.17) is 0 Å². The number of carbonyl (C=O) groups excluding carboxylic acids is 1. The van der Waals surface area contributed by atoms with E-state index < -0.39 is 0 Å². The number of halogens is 1. The maximum absolute atomic E-state index is 13.2. The molecule has 0 aliphatic carbocycles. The summed E-state index contributed by atoms with van der Waals surface area (Å²) in [6, 6.07) is 13.9. The molecule has 0 spiro atoms. The van der Waals surface area contributed by atoms with E-state index >= 15 is 0 Å². The molecule has 0 radical (unpaired) electrons. The van der Waals surface area contributed by atoms with Gasteiger partial charge in [-0.25, -0.2) is 9.38 Å². The van der Waals surface area contributed by atoms with Crippen LogP contribution in [-0.4, -0.2) is 15.5 Å². The molecule has 118 valence electrons. The highest BCUT2D eigenvalue weighted by molar-refractivity contribution is 8.39. The molecule has 1 aliphatic heterocycles. The number of para-hydroxylation sites is 1. The van der Waals surface area contributed by atoms with E-state index in [2.05, 4.69) is 16.4 Å². The van der Waals surface area contributed by atoms with Crippen molar-refractivity contribution >= 4 is 45.2 Å². The second-order valence-electron chi connectivity index (χ2n) is 5.05. The van der Waals surface area contributed by atoms with Gasteiger partial charge in [0.25, 0.3) is 0 Å². The molecule has 0 bridgehead atoms. The molecular formula is C17H15FN2OS2. The van der Waals surface area contributed by atoms with Gasteiger partial charge in [-0.2, -0.15) is 0 Å². The molecule has 0 saturated carbocycles. The highest BCUT2D eigenvalue weighted by Crippen LogP contribution is 2.35. The van der Waals surface area contributed by atoms with Gasteiger partial charge in [-0.05, 0) is 36.8 Å². The molecule has 23 heavy (non-hydrogen) atoms. The third kappa shape index (κ3) is 4.14. The third-order valence-electron chi connectivity index (χ3n) is 3.29. The van der Waals surface area contributed by atoms with Crippen LogP contribution >= 0.6 is 23.5 Å². The van der Waals surface area contributed by atoms with E-state index in [0.29, 0.717) is 5.69 Å². The summed E-state index contributed by atoms with van der Waals surface area (Å²) < 4.78 is 14.0. The number of carbonyl (C=O) groups is 1. The minimum absolute atomic E-state index is 0.164. The van der Waals surface area contributed by atoms with Crippen molar-refractivity contribution in [2.45, 2.75) is 17.9 Å². The van der Waals surface area contributed by atoms with Gasteiger partial charge in [0.05, 0.1) is 10.9 Å². The predicted molar refractivity (Wildman–Crippen MR) is 96.9 cm³/mol. The lowest BCUT2D eigenvalue weighted by Crippen LogP contribution is -2.23. The molecule has 0 aromatic heterocycles. The van der Waals surface area contributed by atoms with Crippen LogP contribution < -0.4 is 5.32 Å². The number of hydrogen-bond donors (Lipinski definition) is 1. The van der Waals surface area contributed by atoms with Crippen molar-refractivity contribution in [3.63, 3.8) is 0 Å². The zero-order valence-electron chi connectivity index (χ0n) is 12.5. The number of rotatable bonds is 3. The number of thioether (sulfide) groups is 2. The first-order chi connectivity index (χ1) is 11.1. The Balaban J connectivity index is 1.64. The fraction of sp³-hybridized carbons (Fsp3) is 0.176.